The normalized spacial score (nSPS) is 19.0. The lowest BCUT2D eigenvalue weighted by Gasteiger charge is -2.43. The number of hydrogen-bond donors (Lipinski definition) is 0. The summed E-state index contributed by atoms with van der Waals surface area (Å²) in [6.45, 7) is 1.97. The topological polar surface area (TPSA) is 113 Å². The van der Waals surface area contributed by atoms with Crippen molar-refractivity contribution in [2.24, 2.45) is 18.0 Å². The summed E-state index contributed by atoms with van der Waals surface area (Å²) in [4.78, 5) is 53.1. The maximum absolute atomic E-state index is 13.9. The van der Waals surface area contributed by atoms with Gasteiger partial charge < -0.3 is 14.5 Å². The highest BCUT2D eigenvalue weighted by Crippen LogP contribution is 2.36. The molecule has 3 aliphatic heterocycles. The summed E-state index contributed by atoms with van der Waals surface area (Å²) in [5.41, 5.74) is 4.09. The SMILES string of the molecule is COC(=O)N1CC2(C1)N=C(c1ccc(-c3ccc(-c4cnn(C)c4)cc3)cc1)N(CC1CCN(C(=O)c3nccs3)C1)C2=O. The summed E-state index contributed by atoms with van der Waals surface area (Å²) in [6, 6.07) is 16.4. The fraction of sp³-hybridized carbons (Fsp3) is 0.312. The van der Waals surface area contributed by atoms with Crippen LogP contribution in [-0.4, -0.2) is 98.6 Å². The second kappa shape index (κ2) is 11.0. The van der Waals surface area contributed by atoms with Crippen LogP contribution in [0.3, 0.4) is 0 Å². The molecule has 2 fully saturated rings. The average Bonchev–Trinajstić information content (AvgIpc) is 3.85. The Morgan fingerprint density at radius 2 is 1.64 bits per heavy atom. The zero-order valence-electron chi connectivity index (χ0n) is 24.4. The number of thiazole rings is 1. The molecule has 0 saturated carbocycles. The van der Waals surface area contributed by atoms with Gasteiger partial charge in [-0.2, -0.15) is 5.10 Å². The van der Waals surface area contributed by atoms with Gasteiger partial charge in [-0.05, 0) is 29.0 Å². The van der Waals surface area contributed by atoms with Gasteiger partial charge in [-0.25, -0.2) is 14.8 Å². The highest BCUT2D eigenvalue weighted by Gasteiger charge is 2.58. The summed E-state index contributed by atoms with van der Waals surface area (Å²) in [5.74, 6) is 0.505. The van der Waals surface area contributed by atoms with Crippen LogP contribution in [-0.2, 0) is 16.6 Å². The first kappa shape index (κ1) is 28.0. The summed E-state index contributed by atoms with van der Waals surface area (Å²) < 4.78 is 6.64. The highest BCUT2D eigenvalue weighted by molar-refractivity contribution is 7.11. The molecule has 4 aromatic rings. The van der Waals surface area contributed by atoms with Crippen LogP contribution in [0.1, 0.15) is 21.8 Å². The molecule has 0 aliphatic carbocycles. The Bertz CT molecular complexity index is 1740. The first-order valence-electron chi connectivity index (χ1n) is 14.5. The molecule has 0 radical (unpaired) electrons. The third kappa shape index (κ3) is 4.94. The van der Waals surface area contributed by atoms with Gasteiger partial charge in [0, 0.05) is 55.6 Å². The average molecular weight is 610 g/mol. The van der Waals surface area contributed by atoms with Gasteiger partial charge >= 0.3 is 6.09 Å². The number of likely N-dealkylation sites (tertiary alicyclic amines) is 2. The lowest BCUT2D eigenvalue weighted by Crippen LogP contribution is -2.66. The van der Waals surface area contributed by atoms with Gasteiger partial charge in [-0.15, -0.1) is 11.3 Å². The van der Waals surface area contributed by atoms with Gasteiger partial charge in [0.2, 0.25) is 0 Å². The number of ether oxygens (including phenoxy) is 1. The molecule has 2 saturated heterocycles. The molecule has 2 aromatic heterocycles. The van der Waals surface area contributed by atoms with Crippen LogP contribution >= 0.6 is 11.3 Å². The van der Waals surface area contributed by atoms with E-state index in [0.29, 0.717) is 30.5 Å². The molecule has 1 spiro atoms. The molecular weight excluding hydrogens is 578 g/mol. The minimum Gasteiger partial charge on any atom is -0.453 e. The van der Waals surface area contributed by atoms with E-state index < -0.39 is 11.6 Å². The Kier molecular flexibility index (Phi) is 7.00. The van der Waals surface area contributed by atoms with E-state index >= 15 is 0 Å². The fourth-order valence-electron chi connectivity index (χ4n) is 6.22. The maximum atomic E-state index is 13.9. The van der Waals surface area contributed by atoms with Crippen molar-refractivity contribution in [2.45, 2.75) is 12.0 Å². The molecule has 3 aliphatic rings. The largest absolute Gasteiger partial charge is 0.453 e. The smallest absolute Gasteiger partial charge is 0.409 e. The molecule has 0 N–H and O–H groups in total. The zero-order chi connectivity index (χ0) is 30.4. The molecule has 0 bridgehead atoms. The number of carbonyl (C=O) groups excluding carboxylic acids is 3. The maximum Gasteiger partial charge on any atom is 0.409 e. The lowest BCUT2D eigenvalue weighted by atomic mass is 9.90. The number of carbonyl (C=O) groups is 3. The van der Waals surface area contributed by atoms with E-state index in [1.807, 2.05) is 48.6 Å². The second-order valence-corrected chi connectivity index (χ2v) is 12.4. The Hall–Kier alpha value is -4.84. The Labute approximate surface area is 258 Å². The molecule has 3 amide bonds. The van der Waals surface area contributed by atoms with E-state index in [1.165, 1.54) is 23.3 Å². The number of hydrogen-bond acceptors (Lipinski definition) is 8. The zero-order valence-corrected chi connectivity index (χ0v) is 25.2. The first-order chi connectivity index (χ1) is 21.3. The van der Waals surface area contributed by atoms with E-state index in [4.69, 9.17) is 9.73 Å². The first-order valence-corrected chi connectivity index (χ1v) is 15.3. The van der Waals surface area contributed by atoms with Crippen molar-refractivity contribution >= 4 is 35.1 Å². The number of amidine groups is 1. The van der Waals surface area contributed by atoms with Crippen molar-refractivity contribution in [2.75, 3.05) is 39.8 Å². The van der Waals surface area contributed by atoms with Crippen molar-refractivity contribution in [1.29, 1.82) is 0 Å². The number of nitrogens with zero attached hydrogens (tertiary/aromatic N) is 7. The third-order valence-corrected chi connectivity index (χ3v) is 9.35. The van der Waals surface area contributed by atoms with Crippen molar-refractivity contribution in [3.05, 3.63) is 83.1 Å². The van der Waals surface area contributed by atoms with Crippen LogP contribution in [0.25, 0.3) is 22.3 Å². The van der Waals surface area contributed by atoms with E-state index in [1.54, 1.807) is 21.2 Å². The molecule has 11 nitrogen and oxygen atoms in total. The van der Waals surface area contributed by atoms with E-state index in [2.05, 4.69) is 34.3 Å². The third-order valence-electron chi connectivity index (χ3n) is 8.59. The van der Waals surface area contributed by atoms with Crippen molar-refractivity contribution in [1.82, 2.24) is 29.5 Å². The number of aliphatic imine (C=N–C) groups is 1. The highest BCUT2D eigenvalue weighted by atomic mass is 32.1. The predicted octanol–water partition coefficient (Wildman–Crippen LogP) is 3.78. The van der Waals surface area contributed by atoms with Crippen LogP contribution in [0.5, 0.6) is 0 Å². The standard InChI is InChI=1S/C32H31N7O4S/c1-36-18-26(15-34-36)24-5-3-22(4-6-24)23-7-9-25(10-8-23)27-35-32(19-38(20-32)31(42)43-2)30(41)39(27)17-21-11-13-37(16-21)29(40)28-33-12-14-44-28/h3-10,12,14-15,18,21H,11,13,16-17,19-20H2,1-2H3. The number of amides is 3. The molecule has 44 heavy (non-hydrogen) atoms. The molecule has 5 heterocycles. The predicted molar refractivity (Wildman–Crippen MR) is 165 cm³/mol. The monoisotopic (exact) mass is 609 g/mol. The molecule has 224 valence electrons. The van der Waals surface area contributed by atoms with Crippen LogP contribution in [0.4, 0.5) is 4.79 Å². The van der Waals surface area contributed by atoms with E-state index in [-0.39, 0.29) is 30.8 Å². The summed E-state index contributed by atoms with van der Waals surface area (Å²) in [7, 11) is 3.23. The van der Waals surface area contributed by atoms with E-state index in [9.17, 15) is 14.4 Å². The van der Waals surface area contributed by atoms with Crippen molar-refractivity contribution in [3.8, 4) is 22.3 Å². The van der Waals surface area contributed by atoms with Crippen LogP contribution in [0.2, 0.25) is 0 Å². The van der Waals surface area contributed by atoms with Gasteiger partial charge in [0.15, 0.2) is 10.5 Å². The molecule has 1 atom stereocenters. The Balaban J connectivity index is 1.11. The van der Waals surface area contributed by atoms with E-state index in [0.717, 1.165) is 34.2 Å². The van der Waals surface area contributed by atoms with Crippen molar-refractivity contribution in [3.63, 3.8) is 0 Å². The van der Waals surface area contributed by atoms with Gasteiger partial charge in [0.25, 0.3) is 11.8 Å². The van der Waals surface area contributed by atoms with Crippen LogP contribution < -0.4 is 0 Å². The Morgan fingerprint density at radius 1 is 0.977 bits per heavy atom. The summed E-state index contributed by atoms with van der Waals surface area (Å²) in [5, 5.41) is 6.53. The van der Waals surface area contributed by atoms with Crippen LogP contribution in [0, 0.1) is 5.92 Å². The molecule has 7 rings (SSSR count). The molecule has 2 aromatic carbocycles. The van der Waals surface area contributed by atoms with Gasteiger partial charge in [-0.1, -0.05) is 48.5 Å². The number of benzene rings is 2. The number of rotatable bonds is 6. The van der Waals surface area contributed by atoms with Gasteiger partial charge in [0.05, 0.1) is 26.4 Å². The second-order valence-electron chi connectivity index (χ2n) is 11.5. The molecular formula is C32H31N7O4S. The number of aryl methyl sites for hydroxylation is 1. The van der Waals surface area contributed by atoms with Crippen molar-refractivity contribution < 1.29 is 19.1 Å². The summed E-state index contributed by atoms with van der Waals surface area (Å²) in [6.07, 6.45) is 5.78. The van der Waals surface area contributed by atoms with Crippen LogP contribution in [0.15, 0.2) is 77.5 Å². The lowest BCUT2D eigenvalue weighted by molar-refractivity contribution is -0.136. The number of methoxy groups -OCH3 is 1. The molecule has 12 heteroatoms. The minimum atomic E-state index is -1.01. The van der Waals surface area contributed by atoms with Gasteiger partial charge in [-0.3, -0.25) is 19.2 Å². The Morgan fingerprint density at radius 3 is 2.23 bits per heavy atom. The fourth-order valence-corrected chi connectivity index (χ4v) is 6.83. The number of aromatic nitrogens is 3. The molecule has 1 unspecified atom stereocenters. The quantitative estimate of drug-likeness (QED) is 0.329. The summed E-state index contributed by atoms with van der Waals surface area (Å²) >= 11 is 1.33. The van der Waals surface area contributed by atoms with Gasteiger partial charge in [0.1, 0.15) is 5.84 Å². The minimum absolute atomic E-state index is 0.0719.